The molecule has 0 saturated carbocycles. The summed E-state index contributed by atoms with van der Waals surface area (Å²) in [6, 6.07) is 4.47. The van der Waals surface area contributed by atoms with Crippen LogP contribution in [0, 0.1) is 17.0 Å². The molecule has 0 aliphatic heterocycles. The second-order valence-electron chi connectivity index (χ2n) is 4.03. The third-order valence-electron chi connectivity index (χ3n) is 2.61. The number of aromatic nitrogens is 2. The van der Waals surface area contributed by atoms with Gasteiger partial charge in [-0.3, -0.25) is 19.9 Å². The number of hydrogen-bond acceptors (Lipinski definition) is 4. The summed E-state index contributed by atoms with van der Waals surface area (Å²) in [5, 5.41) is 11.3. The van der Waals surface area contributed by atoms with E-state index >= 15 is 0 Å². The van der Waals surface area contributed by atoms with Crippen molar-refractivity contribution in [3.05, 3.63) is 67.3 Å². The fourth-order valence-electron chi connectivity index (χ4n) is 1.68. The molecule has 0 amide bonds. The second kappa shape index (κ2) is 5.19. The highest BCUT2D eigenvalue weighted by Crippen LogP contribution is 2.15. The quantitative estimate of drug-likeness (QED) is 0.637. The number of rotatable bonds is 3. The first kappa shape index (κ1) is 13.2. The summed E-state index contributed by atoms with van der Waals surface area (Å²) >= 11 is 5.82. The van der Waals surface area contributed by atoms with Crippen LogP contribution in [0.3, 0.4) is 0 Å². The molecule has 0 aliphatic rings. The molecule has 2 heterocycles. The monoisotopic (exact) mass is 279 g/mol. The van der Waals surface area contributed by atoms with Gasteiger partial charge in [0.15, 0.2) is 0 Å². The molecule has 0 fully saturated rings. The highest BCUT2D eigenvalue weighted by molar-refractivity contribution is 6.30. The minimum Gasteiger partial charge on any atom is -0.303 e. The number of nitrogens with zero attached hydrogens (tertiary/aromatic N) is 3. The average molecular weight is 280 g/mol. The molecule has 0 bridgehead atoms. The van der Waals surface area contributed by atoms with Crippen molar-refractivity contribution in [1.29, 1.82) is 0 Å². The first-order chi connectivity index (χ1) is 8.97. The third kappa shape index (κ3) is 2.97. The van der Waals surface area contributed by atoms with Crippen LogP contribution in [-0.4, -0.2) is 14.5 Å². The van der Waals surface area contributed by atoms with Crippen molar-refractivity contribution in [2.24, 2.45) is 0 Å². The molecule has 0 spiro atoms. The Balaban J connectivity index is 2.43. The highest BCUT2D eigenvalue weighted by Gasteiger charge is 2.13. The van der Waals surface area contributed by atoms with Crippen molar-refractivity contribution in [1.82, 2.24) is 9.55 Å². The molecule has 0 N–H and O–H groups in total. The van der Waals surface area contributed by atoms with Crippen LogP contribution in [0.5, 0.6) is 0 Å². The number of halogens is 1. The Morgan fingerprint density at radius 2 is 2.21 bits per heavy atom. The van der Waals surface area contributed by atoms with Gasteiger partial charge in [0.05, 0.1) is 23.4 Å². The van der Waals surface area contributed by atoms with E-state index in [9.17, 15) is 14.9 Å². The molecule has 0 aliphatic carbocycles. The van der Waals surface area contributed by atoms with Crippen LogP contribution in [0.4, 0.5) is 5.69 Å². The van der Waals surface area contributed by atoms with E-state index in [0.29, 0.717) is 16.3 Å². The van der Waals surface area contributed by atoms with E-state index in [1.807, 2.05) is 0 Å². The standard InChI is InChI=1S/C12H10ClN3O3/c1-8-4-12(17)15(7-11(8)16(18)19)6-10-5-9(13)2-3-14-10/h2-5,7H,6H2,1H3. The van der Waals surface area contributed by atoms with E-state index in [0.717, 1.165) is 0 Å². The first-order valence-corrected chi connectivity index (χ1v) is 5.81. The van der Waals surface area contributed by atoms with E-state index in [2.05, 4.69) is 4.98 Å². The Labute approximate surface area is 113 Å². The molecule has 0 radical (unpaired) electrons. The van der Waals surface area contributed by atoms with Gasteiger partial charge in [-0.1, -0.05) is 11.6 Å². The summed E-state index contributed by atoms with van der Waals surface area (Å²) in [5.41, 5.74) is 0.490. The lowest BCUT2D eigenvalue weighted by Crippen LogP contribution is -2.21. The molecule has 0 aromatic carbocycles. The topological polar surface area (TPSA) is 78.0 Å². The lowest BCUT2D eigenvalue weighted by molar-refractivity contribution is -0.385. The van der Waals surface area contributed by atoms with Gasteiger partial charge in [0.2, 0.25) is 0 Å². The molecule has 6 nitrogen and oxygen atoms in total. The van der Waals surface area contributed by atoms with Crippen LogP contribution in [0.25, 0.3) is 0 Å². The highest BCUT2D eigenvalue weighted by atomic mass is 35.5. The van der Waals surface area contributed by atoms with Gasteiger partial charge in [-0.15, -0.1) is 0 Å². The number of hydrogen-bond donors (Lipinski definition) is 0. The first-order valence-electron chi connectivity index (χ1n) is 5.43. The Hall–Kier alpha value is -2.21. The maximum atomic E-state index is 11.8. The second-order valence-corrected chi connectivity index (χ2v) is 4.47. The Kier molecular flexibility index (Phi) is 3.62. The van der Waals surface area contributed by atoms with Crippen molar-refractivity contribution in [3.8, 4) is 0 Å². The van der Waals surface area contributed by atoms with Crippen molar-refractivity contribution >= 4 is 17.3 Å². The largest absolute Gasteiger partial charge is 0.303 e. The van der Waals surface area contributed by atoms with Gasteiger partial charge >= 0.3 is 0 Å². The van der Waals surface area contributed by atoms with E-state index in [-0.39, 0.29) is 17.8 Å². The number of aryl methyl sites for hydroxylation is 1. The Morgan fingerprint density at radius 1 is 1.47 bits per heavy atom. The number of pyridine rings is 2. The van der Waals surface area contributed by atoms with E-state index in [1.54, 1.807) is 12.1 Å². The van der Waals surface area contributed by atoms with E-state index in [1.165, 1.54) is 30.0 Å². The molecular weight excluding hydrogens is 270 g/mol. The average Bonchev–Trinajstić information content (AvgIpc) is 2.32. The molecule has 0 unspecified atom stereocenters. The predicted octanol–water partition coefficient (Wildman–Crippen LogP) is 2.16. The minimum atomic E-state index is -0.517. The van der Waals surface area contributed by atoms with Gasteiger partial charge in [-0.2, -0.15) is 0 Å². The zero-order valence-electron chi connectivity index (χ0n) is 10.0. The molecule has 2 aromatic rings. The summed E-state index contributed by atoms with van der Waals surface area (Å²) in [6.07, 6.45) is 2.74. The molecule has 2 rings (SSSR count). The van der Waals surface area contributed by atoms with Crippen molar-refractivity contribution in [3.63, 3.8) is 0 Å². The van der Waals surface area contributed by atoms with Crippen LogP contribution in [0.15, 0.2) is 35.4 Å². The summed E-state index contributed by atoms with van der Waals surface area (Å²) in [4.78, 5) is 26.2. The van der Waals surface area contributed by atoms with Crippen LogP contribution >= 0.6 is 11.6 Å². The summed E-state index contributed by atoms with van der Waals surface area (Å²) < 4.78 is 1.24. The van der Waals surface area contributed by atoms with Gasteiger partial charge in [-0.05, 0) is 19.1 Å². The minimum absolute atomic E-state index is 0.0957. The zero-order valence-corrected chi connectivity index (χ0v) is 10.8. The van der Waals surface area contributed by atoms with Crippen LogP contribution in [-0.2, 0) is 6.54 Å². The van der Waals surface area contributed by atoms with E-state index < -0.39 is 4.92 Å². The molecule has 0 saturated heterocycles. The Bertz CT molecular complexity index is 697. The van der Waals surface area contributed by atoms with Crippen LogP contribution in [0.2, 0.25) is 5.02 Å². The summed E-state index contributed by atoms with van der Waals surface area (Å²) in [6.45, 7) is 1.67. The lowest BCUT2D eigenvalue weighted by Gasteiger charge is -2.06. The van der Waals surface area contributed by atoms with Crippen molar-refractivity contribution in [2.75, 3.05) is 0 Å². The maximum absolute atomic E-state index is 11.8. The molecule has 98 valence electrons. The molecule has 19 heavy (non-hydrogen) atoms. The van der Waals surface area contributed by atoms with Gasteiger partial charge in [0, 0.05) is 22.8 Å². The van der Waals surface area contributed by atoms with Gasteiger partial charge in [0.1, 0.15) is 0 Å². The van der Waals surface area contributed by atoms with Crippen LogP contribution in [0.1, 0.15) is 11.3 Å². The van der Waals surface area contributed by atoms with E-state index in [4.69, 9.17) is 11.6 Å². The fraction of sp³-hybridized carbons (Fsp3) is 0.167. The molecular formula is C12H10ClN3O3. The van der Waals surface area contributed by atoms with Crippen molar-refractivity contribution in [2.45, 2.75) is 13.5 Å². The Morgan fingerprint density at radius 3 is 2.84 bits per heavy atom. The van der Waals surface area contributed by atoms with Crippen molar-refractivity contribution < 1.29 is 4.92 Å². The SMILES string of the molecule is Cc1cc(=O)n(Cc2cc(Cl)ccn2)cc1[N+](=O)[O-]. The van der Waals surface area contributed by atoms with Gasteiger partial charge in [-0.25, -0.2) is 0 Å². The number of nitro groups is 1. The zero-order chi connectivity index (χ0) is 14.0. The molecule has 2 aromatic heterocycles. The molecule has 7 heteroatoms. The predicted molar refractivity (Wildman–Crippen MR) is 70.4 cm³/mol. The molecule has 0 atom stereocenters. The fourth-order valence-corrected chi connectivity index (χ4v) is 1.86. The third-order valence-corrected chi connectivity index (χ3v) is 2.85. The van der Waals surface area contributed by atoms with Crippen LogP contribution < -0.4 is 5.56 Å². The van der Waals surface area contributed by atoms with Gasteiger partial charge < -0.3 is 4.57 Å². The lowest BCUT2D eigenvalue weighted by atomic mass is 10.2. The van der Waals surface area contributed by atoms with Gasteiger partial charge in [0.25, 0.3) is 11.2 Å². The smallest absolute Gasteiger partial charge is 0.288 e. The summed E-state index contributed by atoms with van der Waals surface area (Å²) in [7, 11) is 0. The summed E-state index contributed by atoms with van der Waals surface area (Å²) in [5.74, 6) is 0. The normalized spacial score (nSPS) is 10.4. The maximum Gasteiger partial charge on any atom is 0.288 e.